The molecule has 0 radical (unpaired) electrons. The molecule has 0 aliphatic heterocycles. The highest BCUT2D eigenvalue weighted by Gasteiger charge is 2.38. The highest BCUT2D eigenvalue weighted by molar-refractivity contribution is 6.34. The van der Waals surface area contributed by atoms with Crippen LogP contribution in [0.25, 0.3) is 49.6 Å². The largest absolute Gasteiger partial charge is 0.435 e. The molecule has 0 spiro atoms. The van der Waals surface area contributed by atoms with E-state index in [2.05, 4.69) is 15.1 Å². The molecule has 0 saturated heterocycles. The first kappa shape index (κ1) is 24.6. The molecule has 6 rings (SSSR count). The lowest BCUT2D eigenvalue weighted by atomic mass is 9.94. The van der Waals surface area contributed by atoms with E-state index in [1.165, 1.54) is 37.6 Å². The van der Waals surface area contributed by atoms with Crippen LogP contribution in [0.4, 0.5) is 13.2 Å². The molecule has 0 unspecified atom stereocenters. The molecule has 7 nitrogen and oxygen atoms in total. The summed E-state index contributed by atoms with van der Waals surface area (Å²) >= 11 is 6.51. The maximum atomic E-state index is 13.8. The van der Waals surface area contributed by atoms with Gasteiger partial charge in [0.1, 0.15) is 0 Å². The Morgan fingerprint density at radius 2 is 1.72 bits per heavy atom. The minimum Gasteiger partial charge on any atom is -0.306 e. The van der Waals surface area contributed by atoms with Crippen LogP contribution >= 0.6 is 11.6 Å². The average Bonchev–Trinajstić information content (AvgIpc) is 3.30. The van der Waals surface area contributed by atoms with E-state index in [1.807, 2.05) is 12.1 Å². The number of aryl methyl sites for hydroxylation is 1. The Morgan fingerprint density at radius 1 is 0.923 bits per heavy atom. The molecular formula is C28H17ClF3N5O2. The number of aromatic amines is 1. The third kappa shape index (κ3) is 4.09. The standard InChI is InChI=1S/C28H17ClF3N5O2/c1-36-14-20(25(35-36)28(30,31)32)18-7-4-8-21(29)24(18)15-9-10-19-22(11-15)34-27(39)37(26(19)38)23-13-33-12-16-5-2-3-6-17(16)23/h2-14H,1H3,(H,34,39). The maximum Gasteiger partial charge on any atom is 0.435 e. The van der Waals surface area contributed by atoms with Gasteiger partial charge in [-0.1, -0.05) is 54.1 Å². The first-order valence-electron chi connectivity index (χ1n) is 11.7. The Kier molecular flexibility index (Phi) is 5.65. The third-order valence-corrected chi connectivity index (χ3v) is 6.79. The zero-order valence-corrected chi connectivity index (χ0v) is 20.9. The summed E-state index contributed by atoms with van der Waals surface area (Å²) in [5, 5.41) is 5.44. The van der Waals surface area contributed by atoms with Crippen molar-refractivity contribution in [2.75, 3.05) is 0 Å². The summed E-state index contributed by atoms with van der Waals surface area (Å²) in [7, 11) is 1.40. The number of hydrogen-bond donors (Lipinski definition) is 1. The molecule has 6 aromatic rings. The van der Waals surface area contributed by atoms with Gasteiger partial charge < -0.3 is 4.98 Å². The number of aromatic nitrogens is 5. The Hall–Kier alpha value is -4.70. The topological polar surface area (TPSA) is 85.6 Å². The summed E-state index contributed by atoms with van der Waals surface area (Å²) in [6.45, 7) is 0. The number of nitrogens with zero attached hydrogens (tertiary/aromatic N) is 4. The molecule has 0 aliphatic carbocycles. The van der Waals surface area contributed by atoms with Gasteiger partial charge in [0, 0.05) is 46.4 Å². The van der Waals surface area contributed by atoms with E-state index in [1.54, 1.807) is 36.5 Å². The van der Waals surface area contributed by atoms with Gasteiger partial charge in [-0.25, -0.2) is 9.36 Å². The summed E-state index contributed by atoms with van der Waals surface area (Å²) < 4.78 is 43.4. The van der Waals surface area contributed by atoms with Gasteiger partial charge in [-0.3, -0.25) is 14.5 Å². The van der Waals surface area contributed by atoms with E-state index in [-0.39, 0.29) is 27.1 Å². The maximum absolute atomic E-state index is 13.8. The molecule has 0 aliphatic rings. The fourth-order valence-electron chi connectivity index (χ4n) is 4.81. The molecular weight excluding hydrogens is 531 g/mol. The van der Waals surface area contributed by atoms with Gasteiger partial charge in [-0.05, 0) is 29.3 Å². The van der Waals surface area contributed by atoms with Crippen molar-refractivity contribution >= 4 is 33.3 Å². The molecule has 0 bridgehead atoms. The van der Waals surface area contributed by atoms with Gasteiger partial charge >= 0.3 is 11.9 Å². The Morgan fingerprint density at radius 3 is 2.51 bits per heavy atom. The van der Waals surface area contributed by atoms with Crippen molar-refractivity contribution in [1.82, 2.24) is 24.3 Å². The molecule has 3 heterocycles. The van der Waals surface area contributed by atoms with E-state index < -0.39 is 23.1 Å². The highest BCUT2D eigenvalue weighted by atomic mass is 35.5. The third-order valence-electron chi connectivity index (χ3n) is 6.48. The van der Waals surface area contributed by atoms with Crippen LogP contribution in [0.2, 0.25) is 5.02 Å². The number of alkyl halides is 3. The van der Waals surface area contributed by atoms with Crippen molar-refractivity contribution in [2.24, 2.45) is 7.05 Å². The number of hydrogen-bond acceptors (Lipinski definition) is 4. The molecule has 3 aromatic carbocycles. The van der Waals surface area contributed by atoms with Gasteiger partial charge in [0.15, 0.2) is 5.69 Å². The number of benzene rings is 3. The van der Waals surface area contributed by atoms with Gasteiger partial charge in [0.05, 0.1) is 22.8 Å². The molecule has 1 N–H and O–H groups in total. The minimum atomic E-state index is -4.69. The molecule has 0 saturated carbocycles. The SMILES string of the molecule is Cn1cc(-c2cccc(Cl)c2-c2ccc3c(=O)n(-c4cncc5ccccc45)c(=O)[nH]c3c2)c(C(F)(F)F)n1. The highest BCUT2D eigenvalue weighted by Crippen LogP contribution is 2.43. The lowest BCUT2D eigenvalue weighted by Gasteiger charge is -2.14. The van der Waals surface area contributed by atoms with Crippen molar-refractivity contribution in [3.63, 3.8) is 0 Å². The lowest BCUT2D eigenvalue weighted by molar-refractivity contribution is -0.140. The average molecular weight is 548 g/mol. The predicted octanol–water partition coefficient (Wildman–Crippen LogP) is 5.97. The van der Waals surface area contributed by atoms with Crippen LogP contribution in [0.3, 0.4) is 0 Å². The molecule has 0 fully saturated rings. The van der Waals surface area contributed by atoms with E-state index in [4.69, 9.17) is 11.6 Å². The summed E-state index contributed by atoms with van der Waals surface area (Å²) in [6.07, 6.45) is -0.329. The van der Waals surface area contributed by atoms with Gasteiger partial charge in [0.25, 0.3) is 5.56 Å². The number of pyridine rings is 1. The minimum absolute atomic E-state index is 0.144. The second-order valence-corrected chi connectivity index (χ2v) is 9.34. The first-order chi connectivity index (χ1) is 18.6. The van der Waals surface area contributed by atoms with E-state index >= 15 is 0 Å². The molecule has 3 aromatic heterocycles. The van der Waals surface area contributed by atoms with Crippen LogP contribution in [0.1, 0.15) is 5.69 Å². The van der Waals surface area contributed by atoms with Crippen molar-refractivity contribution in [1.29, 1.82) is 0 Å². The predicted molar refractivity (Wildman–Crippen MR) is 143 cm³/mol. The van der Waals surface area contributed by atoms with Gasteiger partial charge in [-0.15, -0.1) is 0 Å². The van der Waals surface area contributed by atoms with Crippen molar-refractivity contribution in [3.05, 3.63) is 111 Å². The van der Waals surface area contributed by atoms with E-state index in [0.29, 0.717) is 22.2 Å². The van der Waals surface area contributed by atoms with Gasteiger partial charge in [0.2, 0.25) is 0 Å². The number of fused-ring (bicyclic) bond motifs is 2. The monoisotopic (exact) mass is 547 g/mol. The number of halogens is 4. The van der Waals surface area contributed by atoms with Crippen molar-refractivity contribution in [2.45, 2.75) is 6.18 Å². The zero-order chi connectivity index (χ0) is 27.5. The fourth-order valence-corrected chi connectivity index (χ4v) is 5.09. The first-order valence-corrected chi connectivity index (χ1v) is 12.0. The Labute approximate surface area is 222 Å². The smallest absolute Gasteiger partial charge is 0.306 e. The quantitative estimate of drug-likeness (QED) is 0.296. The zero-order valence-electron chi connectivity index (χ0n) is 20.1. The summed E-state index contributed by atoms with van der Waals surface area (Å²) in [6, 6.07) is 16.5. The summed E-state index contributed by atoms with van der Waals surface area (Å²) in [5.74, 6) is 0. The Bertz CT molecular complexity index is 2040. The van der Waals surface area contributed by atoms with Crippen molar-refractivity contribution in [3.8, 4) is 27.9 Å². The van der Waals surface area contributed by atoms with Crippen LogP contribution in [0, 0.1) is 0 Å². The molecule has 39 heavy (non-hydrogen) atoms. The molecule has 0 amide bonds. The normalized spacial score (nSPS) is 11.9. The van der Waals surface area contributed by atoms with Crippen molar-refractivity contribution < 1.29 is 13.2 Å². The van der Waals surface area contributed by atoms with Gasteiger partial charge in [-0.2, -0.15) is 18.3 Å². The molecule has 11 heteroatoms. The number of H-pyrrole nitrogens is 1. The van der Waals surface area contributed by atoms with Crippen LogP contribution in [-0.2, 0) is 13.2 Å². The van der Waals surface area contributed by atoms with E-state index in [0.717, 1.165) is 14.6 Å². The van der Waals surface area contributed by atoms with Crippen LogP contribution < -0.4 is 11.2 Å². The number of nitrogens with one attached hydrogen (secondary N) is 1. The second-order valence-electron chi connectivity index (χ2n) is 8.94. The van der Waals surface area contributed by atoms with E-state index in [9.17, 15) is 22.8 Å². The summed E-state index contributed by atoms with van der Waals surface area (Å²) in [4.78, 5) is 33.6. The Balaban J connectivity index is 1.57. The van der Waals surface area contributed by atoms with Crippen LogP contribution in [0.15, 0.2) is 88.8 Å². The molecule has 194 valence electrons. The molecule has 0 atom stereocenters. The fraction of sp³-hybridized carbons (Fsp3) is 0.0714. The lowest BCUT2D eigenvalue weighted by Crippen LogP contribution is -2.33. The van der Waals surface area contributed by atoms with Crippen LogP contribution in [-0.4, -0.2) is 24.3 Å². The summed E-state index contributed by atoms with van der Waals surface area (Å²) in [5.41, 5.74) is -0.972. The van der Waals surface area contributed by atoms with Crippen LogP contribution in [0.5, 0.6) is 0 Å². The second kappa shape index (κ2) is 8.95. The number of rotatable bonds is 3.